The van der Waals surface area contributed by atoms with Crippen molar-refractivity contribution < 1.29 is 23.5 Å². The molecule has 0 heterocycles. The molecule has 0 saturated carbocycles. The zero-order chi connectivity index (χ0) is 22.1. The van der Waals surface area contributed by atoms with E-state index in [4.69, 9.17) is 10.00 Å². The summed E-state index contributed by atoms with van der Waals surface area (Å²) in [7, 11) is 1.20. The molecule has 0 fully saturated rings. The number of carbonyl (C=O) groups is 3. The van der Waals surface area contributed by atoms with E-state index in [9.17, 15) is 18.8 Å². The van der Waals surface area contributed by atoms with Crippen molar-refractivity contribution in [3.63, 3.8) is 0 Å². The van der Waals surface area contributed by atoms with Crippen LogP contribution in [0.3, 0.4) is 0 Å². The predicted octanol–water partition coefficient (Wildman–Crippen LogP) is 1.65. The summed E-state index contributed by atoms with van der Waals surface area (Å²) in [5.74, 6) is -2.27. The molecule has 2 aromatic rings. The van der Waals surface area contributed by atoms with Gasteiger partial charge in [-0.2, -0.15) is 5.26 Å². The van der Waals surface area contributed by atoms with E-state index in [0.717, 1.165) is 0 Å². The molecule has 2 N–H and O–H groups in total. The fourth-order valence-electron chi connectivity index (χ4n) is 2.90. The van der Waals surface area contributed by atoms with Gasteiger partial charge in [0.15, 0.2) is 0 Å². The van der Waals surface area contributed by atoms with Crippen LogP contribution < -0.4 is 10.6 Å². The highest BCUT2D eigenvalue weighted by atomic mass is 19.1. The highest BCUT2D eigenvalue weighted by Gasteiger charge is 2.27. The van der Waals surface area contributed by atoms with Crippen LogP contribution in [0.5, 0.6) is 0 Å². The largest absolute Gasteiger partial charge is 0.467 e. The number of hydrogen-bond donors (Lipinski definition) is 2. The summed E-state index contributed by atoms with van der Waals surface area (Å²) < 4.78 is 18.8. The van der Waals surface area contributed by atoms with Crippen LogP contribution in [-0.2, 0) is 32.0 Å². The maximum Gasteiger partial charge on any atom is 0.328 e. The Morgan fingerprint density at radius 3 is 2.27 bits per heavy atom. The standard InChI is InChI=1S/C22H22FN3O4/c1-14(27)25-19(12-17-5-3-4-6-18(17)23)21(28)26-20(22(29)30-2)11-15-7-9-16(13-24)10-8-15/h3-10,19-20H,11-12H2,1-2H3,(H,25,27)(H,26,28)/t19-,20-/m0/s1. The van der Waals surface area contributed by atoms with Crippen LogP contribution in [-0.4, -0.2) is 37.0 Å². The molecule has 2 rings (SSSR count). The van der Waals surface area contributed by atoms with E-state index in [2.05, 4.69) is 10.6 Å². The van der Waals surface area contributed by atoms with E-state index in [0.29, 0.717) is 11.1 Å². The van der Waals surface area contributed by atoms with Crippen LogP contribution >= 0.6 is 0 Å². The first-order chi connectivity index (χ1) is 14.3. The number of benzene rings is 2. The first-order valence-corrected chi connectivity index (χ1v) is 9.21. The van der Waals surface area contributed by atoms with Gasteiger partial charge in [-0.3, -0.25) is 9.59 Å². The quantitative estimate of drug-likeness (QED) is 0.642. The maximum atomic E-state index is 14.0. The zero-order valence-corrected chi connectivity index (χ0v) is 16.6. The lowest BCUT2D eigenvalue weighted by molar-refractivity contribution is -0.145. The van der Waals surface area contributed by atoms with Gasteiger partial charge in [0.1, 0.15) is 17.9 Å². The molecule has 2 aromatic carbocycles. The molecule has 2 amide bonds. The van der Waals surface area contributed by atoms with Crippen molar-refractivity contribution in [3.05, 3.63) is 71.0 Å². The number of methoxy groups -OCH3 is 1. The third kappa shape index (κ3) is 6.41. The van der Waals surface area contributed by atoms with Gasteiger partial charge < -0.3 is 15.4 Å². The Morgan fingerprint density at radius 2 is 1.70 bits per heavy atom. The van der Waals surface area contributed by atoms with E-state index in [-0.39, 0.29) is 18.4 Å². The lowest BCUT2D eigenvalue weighted by Gasteiger charge is -2.22. The number of rotatable bonds is 8. The van der Waals surface area contributed by atoms with Crippen molar-refractivity contribution in [2.75, 3.05) is 7.11 Å². The van der Waals surface area contributed by atoms with Crippen molar-refractivity contribution in [2.45, 2.75) is 31.8 Å². The van der Waals surface area contributed by atoms with Gasteiger partial charge in [0.05, 0.1) is 18.7 Å². The minimum absolute atomic E-state index is 0.0805. The summed E-state index contributed by atoms with van der Waals surface area (Å²) in [6, 6.07) is 12.4. The molecule has 0 saturated heterocycles. The Bertz CT molecular complexity index is 954. The monoisotopic (exact) mass is 411 g/mol. The Balaban J connectivity index is 2.18. The molecule has 0 aromatic heterocycles. The molecular weight excluding hydrogens is 389 g/mol. The third-order valence-corrected chi connectivity index (χ3v) is 4.40. The molecule has 0 unspecified atom stereocenters. The number of nitriles is 1. The first-order valence-electron chi connectivity index (χ1n) is 9.21. The molecule has 0 bridgehead atoms. The van der Waals surface area contributed by atoms with Gasteiger partial charge in [0.2, 0.25) is 11.8 Å². The summed E-state index contributed by atoms with van der Waals surface area (Å²) in [4.78, 5) is 36.6. The molecule has 2 atom stereocenters. The van der Waals surface area contributed by atoms with Crippen LogP contribution in [0, 0.1) is 17.1 Å². The average molecular weight is 411 g/mol. The van der Waals surface area contributed by atoms with Crippen LogP contribution in [0.1, 0.15) is 23.6 Å². The molecule has 7 nitrogen and oxygen atoms in total. The van der Waals surface area contributed by atoms with Gasteiger partial charge >= 0.3 is 5.97 Å². The number of halogens is 1. The number of hydrogen-bond acceptors (Lipinski definition) is 5. The Morgan fingerprint density at radius 1 is 1.03 bits per heavy atom. The molecule has 0 spiro atoms. The van der Waals surface area contributed by atoms with Crippen LogP contribution in [0.25, 0.3) is 0 Å². The zero-order valence-electron chi connectivity index (χ0n) is 16.6. The lowest BCUT2D eigenvalue weighted by atomic mass is 10.0. The lowest BCUT2D eigenvalue weighted by Crippen LogP contribution is -2.53. The summed E-state index contributed by atoms with van der Waals surface area (Å²) in [6.07, 6.45) is 0.0411. The second kappa shape index (κ2) is 10.7. The van der Waals surface area contributed by atoms with Gasteiger partial charge in [-0.1, -0.05) is 30.3 Å². The molecule has 0 radical (unpaired) electrons. The van der Waals surface area contributed by atoms with Crippen LogP contribution in [0.2, 0.25) is 0 Å². The van der Waals surface area contributed by atoms with Crippen molar-refractivity contribution >= 4 is 17.8 Å². The molecule has 8 heteroatoms. The molecule has 30 heavy (non-hydrogen) atoms. The van der Waals surface area contributed by atoms with E-state index in [1.807, 2.05) is 6.07 Å². The SMILES string of the molecule is COC(=O)[C@H](Cc1ccc(C#N)cc1)NC(=O)[C@H](Cc1ccccc1F)NC(C)=O. The van der Waals surface area contributed by atoms with E-state index >= 15 is 0 Å². The Hall–Kier alpha value is -3.73. The second-order valence-corrected chi connectivity index (χ2v) is 6.65. The highest BCUT2D eigenvalue weighted by molar-refractivity contribution is 5.90. The van der Waals surface area contributed by atoms with E-state index in [1.165, 1.54) is 32.2 Å². The highest BCUT2D eigenvalue weighted by Crippen LogP contribution is 2.11. The van der Waals surface area contributed by atoms with Gasteiger partial charge in [-0.15, -0.1) is 0 Å². The van der Waals surface area contributed by atoms with Gasteiger partial charge in [-0.25, -0.2) is 9.18 Å². The smallest absolute Gasteiger partial charge is 0.328 e. The van der Waals surface area contributed by atoms with E-state index < -0.39 is 35.7 Å². The molecular formula is C22H22FN3O4. The van der Waals surface area contributed by atoms with Gasteiger partial charge in [0.25, 0.3) is 0 Å². The average Bonchev–Trinajstić information content (AvgIpc) is 2.73. The van der Waals surface area contributed by atoms with Gasteiger partial charge in [0, 0.05) is 19.8 Å². The number of amides is 2. The van der Waals surface area contributed by atoms with Gasteiger partial charge in [-0.05, 0) is 29.3 Å². The summed E-state index contributed by atoms with van der Waals surface area (Å²) in [6.45, 7) is 1.25. The summed E-state index contributed by atoms with van der Waals surface area (Å²) in [5.41, 5.74) is 1.43. The normalized spacial score (nSPS) is 12.2. The number of esters is 1. The summed E-state index contributed by atoms with van der Waals surface area (Å²) in [5, 5.41) is 14.0. The van der Waals surface area contributed by atoms with Crippen LogP contribution in [0.4, 0.5) is 4.39 Å². The van der Waals surface area contributed by atoms with Crippen molar-refractivity contribution in [2.24, 2.45) is 0 Å². The number of carbonyl (C=O) groups excluding carboxylic acids is 3. The third-order valence-electron chi connectivity index (χ3n) is 4.40. The summed E-state index contributed by atoms with van der Waals surface area (Å²) >= 11 is 0. The second-order valence-electron chi connectivity index (χ2n) is 6.65. The minimum Gasteiger partial charge on any atom is -0.467 e. The van der Waals surface area contributed by atoms with E-state index in [1.54, 1.807) is 30.3 Å². The molecule has 0 aliphatic rings. The van der Waals surface area contributed by atoms with Crippen LogP contribution in [0.15, 0.2) is 48.5 Å². The number of nitrogens with one attached hydrogen (secondary N) is 2. The topological polar surface area (TPSA) is 108 Å². The molecule has 0 aliphatic heterocycles. The minimum atomic E-state index is -1.08. The number of ether oxygens (including phenoxy) is 1. The van der Waals surface area contributed by atoms with Crippen molar-refractivity contribution in [1.29, 1.82) is 5.26 Å². The molecule has 156 valence electrons. The number of nitrogens with zero attached hydrogens (tertiary/aromatic N) is 1. The Labute approximate surface area is 173 Å². The first kappa shape index (κ1) is 22.6. The Kier molecular flexibility index (Phi) is 8.06. The van der Waals surface area contributed by atoms with Crippen molar-refractivity contribution in [1.82, 2.24) is 10.6 Å². The fraction of sp³-hybridized carbons (Fsp3) is 0.273. The maximum absolute atomic E-state index is 14.0. The molecule has 0 aliphatic carbocycles. The van der Waals surface area contributed by atoms with Crippen molar-refractivity contribution in [3.8, 4) is 6.07 Å². The fourth-order valence-corrected chi connectivity index (χ4v) is 2.90. The predicted molar refractivity (Wildman–Crippen MR) is 107 cm³/mol.